The van der Waals surface area contributed by atoms with Gasteiger partial charge in [-0.2, -0.15) is 0 Å². The molecule has 3 aliphatic rings. The fraction of sp³-hybridized carbons (Fsp3) is 0.0506. The molecule has 5 heteroatoms. The summed E-state index contributed by atoms with van der Waals surface area (Å²) in [6.45, 7) is 4.75. The van der Waals surface area contributed by atoms with Gasteiger partial charge in [-0.1, -0.05) is 208 Å². The second-order valence-electron chi connectivity index (χ2n) is 23.4. The summed E-state index contributed by atoms with van der Waals surface area (Å²) in [5.74, 6) is 1.92. The van der Waals surface area contributed by atoms with Crippen molar-refractivity contribution in [1.82, 2.24) is 24.1 Å². The summed E-state index contributed by atoms with van der Waals surface area (Å²) < 4.78 is 4.95. The van der Waals surface area contributed by atoms with Gasteiger partial charge in [-0.3, -0.25) is 0 Å². The first-order valence-electron chi connectivity index (χ1n) is 29.1. The minimum absolute atomic E-state index is 0.118. The lowest BCUT2D eigenvalue weighted by molar-refractivity contribution is 0.661. The van der Waals surface area contributed by atoms with E-state index in [0.717, 1.165) is 39.1 Å². The molecule has 392 valence electrons. The van der Waals surface area contributed by atoms with Crippen LogP contribution in [0.15, 0.2) is 273 Å². The number of hydrogen-bond acceptors (Lipinski definition) is 3. The summed E-state index contributed by atoms with van der Waals surface area (Å²) in [6.07, 6.45) is 0. The Kier molecular flexibility index (Phi) is 9.72. The van der Waals surface area contributed by atoms with E-state index < -0.39 is 5.41 Å². The Morgan fingerprint density at radius 1 is 0.250 bits per heavy atom. The van der Waals surface area contributed by atoms with Crippen LogP contribution in [-0.4, -0.2) is 24.1 Å². The molecule has 3 aliphatic carbocycles. The van der Waals surface area contributed by atoms with Gasteiger partial charge in [-0.05, 0) is 157 Å². The normalized spacial score (nSPS) is 14.9. The highest BCUT2D eigenvalue weighted by atomic mass is 15.0. The molecule has 0 N–H and O–H groups in total. The van der Waals surface area contributed by atoms with Gasteiger partial charge in [-0.25, -0.2) is 15.0 Å². The Balaban J connectivity index is 0.858. The zero-order valence-corrected chi connectivity index (χ0v) is 46.2. The molecule has 1 spiro atoms. The van der Waals surface area contributed by atoms with E-state index in [4.69, 9.17) is 15.0 Å². The Hall–Kier alpha value is -10.8. The van der Waals surface area contributed by atoms with Gasteiger partial charge in [0, 0.05) is 55.0 Å². The van der Waals surface area contributed by atoms with Crippen LogP contribution in [0.25, 0.3) is 134 Å². The minimum Gasteiger partial charge on any atom is -0.309 e. The lowest BCUT2D eigenvalue weighted by Crippen LogP contribution is -2.26. The number of fused-ring (bicyclic) bond motifs is 19. The number of hydrogen-bond donors (Lipinski definition) is 0. The average Bonchev–Trinajstić information content (AvgIpc) is 1.54. The molecule has 18 rings (SSSR count). The number of aromatic nitrogens is 5. The minimum atomic E-state index is -0.644. The first-order chi connectivity index (χ1) is 41.4. The molecular weight excluding hydrogens is 1020 g/mol. The summed E-state index contributed by atoms with van der Waals surface area (Å²) in [7, 11) is 0. The molecule has 0 saturated carbocycles. The second-order valence-corrected chi connectivity index (χ2v) is 23.4. The maximum Gasteiger partial charge on any atom is 0.164 e. The average molecular weight is 1070 g/mol. The van der Waals surface area contributed by atoms with Crippen molar-refractivity contribution in [3.63, 3.8) is 0 Å². The SMILES string of the molecule is CC1(C)c2ccccc2-c2cc3c4cc(-c5ccc6c(c5)c5cc7c(cc5n6-c5ccccc5)C5(c6ccccc6-c6ccc(-c8nc(-c9ccccc9)nc(-c9ccccc9)n8)cc65)c5ccccc5-7)ccc4n(-c4ccccc4)c3cc21. The van der Waals surface area contributed by atoms with Gasteiger partial charge in [0.05, 0.1) is 27.5 Å². The van der Waals surface area contributed by atoms with Crippen molar-refractivity contribution < 1.29 is 0 Å². The lowest BCUT2D eigenvalue weighted by Gasteiger charge is -2.31. The third kappa shape index (κ3) is 6.46. The summed E-state index contributed by atoms with van der Waals surface area (Å²) in [5.41, 5.74) is 26.9. The van der Waals surface area contributed by atoms with E-state index in [0.29, 0.717) is 17.5 Å². The number of para-hydroxylation sites is 2. The maximum absolute atomic E-state index is 5.26. The fourth-order valence-electron chi connectivity index (χ4n) is 15.0. The third-order valence-electron chi connectivity index (χ3n) is 18.8. The van der Waals surface area contributed by atoms with Crippen LogP contribution >= 0.6 is 0 Å². The predicted octanol–water partition coefficient (Wildman–Crippen LogP) is 19.4. The Morgan fingerprint density at radius 3 is 1.14 bits per heavy atom. The van der Waals surface area contributed by atoms with Crippen LogP contribution in [0, 0.1) is 0 Å². The van der Waals surface area contributed by atoms with Crippen LogP contribution in [0.3, 0.4) is 0 Å². The van der Waals surface area contributed by atoms with E-state index in [2.05, 4.69) is 260 Å². The van der Waals surface area contributed by atoms with Crippen molar-refractivity contribution in [3.8, 4) is 90.0 Å². The highest BCUT2D eigenvalue weighted by molar-refractivity contribution is 6.15. The van der Waals surface area contributed by atoms with Crippen molar-refractivity contribution in [3.05, 3.63) is 306 Å². The van der Waals surface area contributed by atoms with E-state index in [1.165, 1.54) is 110 Å². The van der Waals surface area contributed by atoms with E-state index in [-0.39, 0.29) is 5.41 Å². The lowest BCUT2D eigenvalue weighted by atomic mass is 9.70. The summed E-state index contributed by atoms with van der Waals surface area (Å²) in [6, 6.07) is 101. The second kappa shape index (κ2) is 17.4. The molecule has 0 amide bonds. The van der Waals surface area contributed by atoms with Crippen molar-refractivity contribution in [2.75, 3.05) is 0 Å². The zero-order valence-electron chi connectivity index (χ0n) is 46.2. The Morgan fingerprint density at radius 2 is 0.619 bits per heavy atom. The fourth-order valence-corrected chi connectivity index (χ4v) is 15.0. The van der Waals surface area contributed by atoms with Gasteiger partial charge in [-0.15, -0.1) is 0 Å². The molecule has 15 aromatic rings. The largest absolute Gasteiger partial charge is 0.309 e. The van der Waals surface area contributed by atoms with Crippen LogP contribution in [0.5, 0.6) is 0 Å². The van der Waals surface area contributed by atoms with Crippen LogP contribution in [-0.2, 0) is 10.8 Å². The van der Waals surface area contributed by atoms with Crippen molar-refractivity contribution in [1.29, 1.82) is 0 Å². The van der Waals surface area contributed by atoms with Crippen molar-refractivity contribution >= 4 is 43.6 Å². The van der Waals surface area contributed by atoms with Crippen LogP contribution < -0.4 is 0 Å². The topological polar surface area (TPSA) is 48.5 Å². The zero-order chi connectivity index (χ0) is 55.4. The van der Waals surface area contributed by atoms with Gasteiger partial charge in [0.2, 0.25) is 0 Å². The summed E-state index contributed by atoms with van der Waals surface area (Å²) in [4.78, 5) is 15.6. The van der Waals surface area contributed by atoms with Gasteiger partial charge in [0.25, 0.3) is 0 Å². The Bertz CT molecular complexity index is 5210. The molecule has 0 bridgehead atoms. The molecule has 84 heavy (non-hydrogen) atoms. The molecule has 0 saturated heterocycles. The molecule has 0 fully saturated rings. The first-order valence-corrected chi connectivity index (χ1v) is 29.1. The smallest absolute Gasteiger partial charge is 0.164 e. The van der Waals surface area contributed by atoms with Gasteiger partial charge >= 0.3 is 0 Å². The predicted molar refractivity (Wildman–Crippen MR) is 344 cm³/mol. The van der Waals surface area contributed by atoms with E-state index in [9.17, 15) is 0 Å². The van der Waals surface area contributed by atoms with E-state index in [1.54, 1.807) is 0 Å². The molecular formula is C79H51N5. The molecule has 3 aromatic heterocycles. The number of nitrogens with zero attached hydrogens (tertiary/aromatic N) is 5. The molecule has 12 aromatic carbocycles. The van der Waals surface area contributed by atoms with E-state index >= 15 is 0 Å². The molecule has 1 unspecified atom stereocenters. The Labute approximate surface area is 486 Å². The molecule has 0 aliphatic heterocycles. The van der Waals surface area contributed by atoms with Crippen LogP contribution in [0.1, 0.15) is 47.2 Å². The maximum atomic E-state index is 5.26. The molecule has 5 nitrogen and oxygen atoms in total. The summed E-state index contributed by atoms with van der Waals surface area (Å²) in [5, 5.41) is 4.93. The third-order valence-corrected chi connectivity index (χ3v) is 18.8. The van der Waals surface area contributed by atoms with Crippen molar-refractivity contribution in [2.24, 2.45) is 0 Å². The summed E-state index contributed by atoms with van der Waals surface area (Å²) >= 11 is 0. The number of rotatable bonds is 6. The standard InChI is InChI=1S/C79H51N5/c1-78(2)65-32-18-15-30-56(65)59-44-63-61-41-50(36-39-71(61)83(73(63)46-68(59)78)53-25-11-5-12-26-53)51-37-40-72-62(42-51)64-45-60-57-31-17-20-34-67(57)79(70(60)47-74(64)84(72)54-27-13-6-14-28-54)66-33-19-16-29-55(66)58-38-35-52(43-69(58)79)77-81-75(48-21-7-3-8-22-48)80-76(82-77)49-23-9-4-10-24-49/h3-47H,1-2H3. The van der Waals surface area contributed by atoms with E-state index in [1.807, 2.05) is 36.4 Å². The first kappa shape index (κ1) is 46.9. The molecule has 3 heterocycles. The quantitative estimate of drug-likeness (QED) is 0.167. The number of benzene rings is 12. The van der Waals surface area contributed by atoms with Gasteiger partial charge in [0.15, 0.2) is 17.5 Å². The van der Waals surface area contributed by atoms with Crippen LogP contribution in [0.4, 0.5) is 0 Å². The molecule has 1 atom stereocenters. The molecule has 0 radical (unpaired) electrons. The van der Waals surface area contributed by atoms with Crippen LogP contribution in [0.2, 0.25) is 0 Å². The highest BCUT2D eigenvalue weighted by Crippen LogP contribution is 2.64. The monoisotopic (exact) mass is 1070 g/mol. The highest BCUT2D eigenvalue weighted by Gasteiger charge is 2.52. The van der Waals surface area contributed by atoms with Gasteiger partial charge < -0.3 is 9.13 Å². The van der Waals surface area contributed by atoms with Crippen molar-refractivity contribution in [2.45, 2.75) is 24.7 Å². The van der Waals surface area contributed by atoms with Gasteiger partial charge in [0.1, 0.15) is 0 Å².